The molecule has 1 saturated carbocycles. The van der Waals surface area contributed by atoms with E-state index in [1.54, 1.807) is 19.2 Å². The lowest BCUT2D eigenvalue weighted by Gasteiger charge is -2.34. The molecular formula is C23H31N3O4S. The average Bonchev–Trinajstić information content (AvgIpc) is 2.94. The van der Waals surface area contributed by atoms with Crippen molar-refractivity contribution < 1.29 is 17.9 Å². The van der Waals surface area contributed by atoms with Gasteiger partial charge in [0.1, 0.15) is 5.69 Å². The Morgan fingerprint density at radius 2 is 1.84 bits per heavy atom. The molecular weight excluding hydrogens is 414 g/mol. The number of anilines is 1. The molecule has 0 unspecified atom stereocenters. The van der Waals surface area contributed by atoms with E-state index < -0.39 is 10.0 Å². The molecule has 1 aromatic carbocycles. The van der Waals surface area contributed by atoms with E-state index in [-0.39, 0.29) is 4.90 Å². The lowest BCUT2D eigenvalue weighted by molar-refractivity contribution is 0.0257. The van der Waals surface area contributed by atoms with Crippen molar-refractivity contribution in [3.63, 3.8) is 0 Å². The number of sulfonamides is 1. The molecule has 1 N–H and O–H groups in total. The van der Waals surface area contributed by atoms with E-state index >= 15 is 0 Å². The molecule has 7 nitrogen and oxygen atoms in total. The van der Waals surface area contributed by atoms with Crippen LogP contribution in [-0.4, -0.2) is 58.3 Å². The number of hydrogen-bond acceptors (Lipinski definition) is 6. The Bertz CT molecular complexity index is 1020. The molecule has 2 aliphatic rings. The van der Waals surface area contributed by atoms with E-state index in [1.165, 1.54) is 7.11 Å². The number of pyridine rings is 1. The fourth-order valence-electron chi connectivity index (χ4n) is 4.36. The number of nitrogens with one attached hydrogen (secondary N) is 1. The van der Waals surface area contributed by atoms with Crippen molar-refractivity contribution in [2.24, 2.45) is 0 Å². The predicted octanol–water partition coefficient (Wildman–Crippen LogP) is 3.20. The minimum absolute atomic E-state index is 0.230. The first kappa shape index (κ1) is 22.0. The van der Waals surface area contributed by atoms with E-state index in [0.717, 1.165) is 62.1 Å². The Morgan fingerprint density at radius 3 is 2.48 bits per heavy atom. The van der Waals surface area contributed by atoms with Crippen molar-refractivity contribution >= 4 is 15.7 Å². The van der Waals surface area contributed by atoms with Gasteiger partial charge in [-0.15, -0.1) is 0 Å². The van der Waals surface area contributed by atoms with E-state index in [0.29, 0.717) is 23.6 Å². The summed E-state index contributed by atoms with van der Waals surface area (Å²) in [5.41, 5.74) is 3.59. The van der Waals surface area contributed by atoms with Crippen molar-refractivity contribution in [2.75, 3.05) is 38.6 Å². The summed E-state index contributed by atoms with van der Waals surface area (Å²) in [4.78, 5) is 7.22. The van der Waals surface area contributed by atoms with Crippen LogP contribution in [0.1, 0.15) is 42.5 Å². The molecule has 1 fully saturated rings. The molecule has 0 amide bonds. The van der Waals surface area contributed by atoms with Crippen LogP contribution in [0.5, 0.6) is 5.88 Å². The lowest BCUT2D eigenvalue weighted by Crippen LogP contribution is -2.28. The van der Waals surface area contributed by atoms with Gasteiger partial charge in [0.15, 0.2) is 0 Å². The quantitative estimate of drug-likeness (QED) is 0.705. The Hall–Kier alpha value is -2.16. The summed E-state index contributed by atoms with van der Waals surface area (Å²) in [6, 6.07) is 9.01. The number of nitrogens with zero attached hydrogens (tertiary/aromatic N) is 2. The van der Waals surface area contributed by atoms with E-state index in [4.69, 9.17) is 9.47 Å². The standard InChI is InChI=1S/C23H31N3O4S/c1-4-26-11-9-17-15-22(23(30-3)24-21(17)10-12-26)25-31(27,28)20-7-5-16(6-8-20)18-13-19(14-18)29-2/h5-8,15,18-19,25H,4,9-14H2,1-3H3/t18-,19-. The number of rotatable bonds is 7. The SMILES string of the molecule is CCN1CCc2cc(NS(=O)(=O)c3ccc([C@H]4C[C@H](OC)C4)cc3)c(OC)nc2CC1. The Balaban J connectivity index is 1.53. The highest BCUT2D eigenvalue weighted by atomic mass is 32.2. The second-order valence-electron chi connectivity index (χ2n) is 8.29. The zero-order valence-corrected chi connectivity index (χ0v) is 19.2. The minimum Gasteiger partial charge on any atom is -0.479 e. The highest BCUT2D eigenvalue weighted by Crippen LogP contribution is 2.38. The number of benzene rings is 1. The second-order valence-corrected chi connectivity index (χ2v) is 9.97. The van der Waals surface area contributed by atoms with Gasteiger partial charge in [0.05, 0.1) is 18.1 Å². The fourth-order valence-corrected chi connectivity index (χ4v) is 5.41. The topological polar surface area (TPSA) is 80.8 Å². The summed E-state index contributed by atoms with van der Waals surface area (Å²) in [6.45, 7) is 5.03. The number of likely N-dealkylation sites (N-methyl/N-ethyl adjacent to an activating group) is 1. The summed E-state index contributed by atoms with van der Waals surface area (Å²) >= 11 is 0. The molecule has 2 aromatic rings. The van der Waals surface area contributed by atoms with Crippen LogP contribution in [0.2, 0.25) is 0 Å². The van der Waals surface area contributed by atoms with Crippen molar-refractivity contribution in [3.8, 4) is 5.88 Å². The molecule has 2 heterocycles. The molecule has 0 bridgehead atoms. The summed E-state index contributed by atoms with van der Waals surface area (Å²) < 4.78 is 39.5. The van der Waals surface area contributed by atoms with E-state index in [1.807, 2.05) is 18.2 Å². The first-order valence-corrected chi connectivity index (χ1v) is 12.4. The zero-order chi connectivity index (χ0) is 22.0. The van der Waals surface area contributed by atoms with Crippen LogP contribution in [0.15, 0.2) is 35.2 Å². The van der Waals surface area contributed by atoms with Crippen LogP contribution in [0.25, 0.3) is 0 Å². The van der Waals surface area contributed by atoms with Gasteiger partial charge in [-0.3, -0.25) is 4.72 Å². The zero-order valence-electron chi connectivity index (χ0n) is 18.4. The molecule has 4 rings (SSSR count). The third-order valence-corrected chi connectivity index (χ3v) is 7.87. The number of ether oxygens (including phenoxy) is 2. The van der Waals surface area contributed by atoms with Crippen molar-refractivity contribution in [2.45, 2.75) is 49.5 Å². The molecule has 31 heavy (non-hydrogen) atoms. The maximum atomic E-state index is 13.0. The molecule has 1 aliphatic carbocycles. The van der Waals surface area contributed by atoms with Gasteiger partial charge < -0.3 is 14.4 Å². The molecule has 0 spiro atoms. The number of aromatic nitrogens is 1. The maximum absolute atomic E-state index is 13.0. The smallest absolute Gasteiger partial charge is 0.262 e. The predicted molar refractivity (Wildman–Crippen MR) is 120 cm³/mol. The highest BCUT2D eigenvalue weighted by Gasteiger charge is 2.30. The minimum atomic E-state index is -3.75. The molecule has 0 atom stereocenters. The fraction of sp³-hybridized carbons (Fsp3) is 0.522. The Labute approximate surface area is 184 Å². The highest BCUT2D eigenvalue weighted by molar-refractivity contribution is 7.92. The van der Waals surface area contributed by atoms with Gasteiger partial charge in [0.25, 0.3) is 10.0 Å². The summed E-state index contributed by atoms with van der Waals surface area (Å²) in [5, 5.41) is 0. The first-order chi connectivity index (χ1) is 14.9. The van der Waals surface area contributed by atoms with Gasteiger partial charge in [-0.2, -0.15) is 0 Å². The summed E-state index contributed by atoms with van der Waals surface area (Å²) in [7, 11) is -0.503. The average molecular weight is 446 g/mol. The Morgan fingerprint density at radius 1 is 1.13 bits per heavy atom. The van der Waals surface area contributed by atoms with Crippen LogP contribution in [0.4, 0.5) is 5.69 Å². The van der Waals surface area contributed by atoms with Crippen LogP contribution in [-0.2, 0) is 27.6 Å². The second kappa shape index (κ2) is 9.14. The molecule has 168 valence electrons. The van der Waals surface area contributed by atoms with Crippen molar-refractivity contribution in [3.05, 3.63) is 47.2 Å². The maximum Gasteiger partial charge on any atom is 0.262 e. The molecule has 0 saturated heterocycles. The largest absolute Gasteiger partial charge is 0.479 e. The molecule has 1 aromatic heterocycles. The lowest BCUT2D eigenvalue weighted by atomic mass is 9.77. The van der Waals surface area contributed by atoms with Crippen LogP contribution in [0, 0.1) is 0 Å². The normalized spacial score (nSPS) is 21.6. The van der Waals surface area contributed by atoms with Crippen LogP contribution < -0.4 is 9.46 Å². The molecule has 0 radical (unpaired) electrons. The molecule has 1 aliphatic heterocycles. The van der Waals surface area contributed by atoms with Crippen molar-refractivity contribution in [1.29, 1.82) is 0 Å². The molecule has 8 heteroatoms. The summed E-state index contributed by atoms with van der Waals surface area (Å²) in [6.07, 6.45) is 3.95. The van der Waals surface area contributed by atoms with E-state index in [9.17, 15) is 8.42 Å². The number of fused-ring (bicyclic) bond motifs is 1. The third-order valence-electron chi connectivity index (χ3n) is 6.49. The Kier molecular flexibility index (Phi) is 6.50. The number of methoxy groups -OCH3 is 2. The van der Waals surface area contributed by atoms with E-state index in [2.05, 4.69) is 21.5 Å². The van der Waals surface area contributed by atoms with Crippen LogP contribution in [0.3, 0.4) is 0 Å². The summed E-state index contributed by atoms with van der Waals surface area (Å²) in [5.74, 6) is 0.746. The van der Waals surface area contributed by atoms with Gasteiger partial charge >= 0.3 is 0 Å². The van der Waals surface area contributed by atoms with Crippen LogP contribution >= 0.6 is 0 Å². The third kappa shape index (κ3) is 4.71. The van der Waals surface area contributed by atoms with Gasteiger partial charge in [-0.1, -0.05) is 19.1 Å². The number of hydrogen-bond donors (Lipinski definition) is 1. The van der Waals surface area contributed by atoms with Crippen molar-refractivity contribution in [1.82, 2.24) is 9.88 Å². The van der Waals surface area contributed by atoms with Gasteiger partial charge in [-0.05, 0) is 61.1 Å². The van der Waals surface area contributed by atoms with Gasteiger partial charge in [0.2, 0.25) is 5.88 Å². The monoisotopic (exact) mass is 445 g/mol. The first-order valence-electron chi connectivity index (χ1n) is 10.9. The van der Waals surface area contributed by atoms with Gasteiger partial charge in [-0.25, -0.2) is 13.4 Å². The van der Waals surface area contributed by atoms with Gasteiger partial charge in [0, 0.05) is 32.3 Å².